The monoisotopic (exact) mass is 299 g/mol. The summed E-state index contributed by atoms with van der Waals surface area (Å²) in [5, 5.41) is 4.07. The fraction of sp³-hybridized carbons (Fsp3) is 0.267. The van der Waals surface area contributed by atoms with Gasteiger partial charge in [0.15, 0.2) is 5.65 Å². The van der Waals surface area contributed by atoms with Crippen LogP contribution in [0.1, 0.15) is 18.1 Å². The minimum atomic E-state index is 0.629. The number of hydrogen-bond acceptors (Lipinski definition) is 5. The lowest BCUT2D eigenvalue weighted by Gasteiger charge is -2.06. The van der Waals surface area contributed by atoms with E-state index in [1.807, 2.05) is 6.92 Å². The molecule has 2 aromatic heterocycles. The van der Waals surface area contributed by atoms with Gasteiger partial charge in [-0.05, 0) is 19.4 Å². The maximum Gasteiger partial charge on any atom is 0.225 e. The summed E-state index contributed by atoms with van der Waals surface area (Å²) in [6, 6.07) is 8.52. The van der Waals surface area contributed by atoms with Crippen LogP contribution in [0.15, 0.2) is 35.6 Å². The van der Waals surface area contributed by atoms with Crippen molar-refractivity contribution in [2.75, 3.05) is 11.9 Å². The highest BCUT2D eigenvalue weighted by atomic mass is 32.2. The largest absolute Gasteiger partial charge is 0.354 e. The predicted molar refractivity (Wildman–Crippen MR) is 86.6 cm³/mol. The summed E-state index contributed by atoms with van der Waals surface area (Å²) in [6.45, 7) is 4.92. The van der Waals surface area contributed by atoms with Gasteiger partial charge in [-0.3, -0.25) is 0 Å². The summed E-state index contributed by atoms with van der Waals surface area (Å²) >= 11 is 1.69. The van der Waals surface area contributed by atoms with Crippen molar-refractivity contribution >= 4 is 28.9 Å². The molecule has 0 amide bonds. The molecule has 0 saturated carbocycles. The van der Waals surface area contributed by atoms with Crippen LogP contribution in [0.2, 0.25) is 0 Å². The van der Waals surface area contributed by atoms with Gasteiger partial charge in [-0.15, -0.1) is 0 Å². The van der Waals surface area contributed by atoms with Crippen molar-refractivity contribution in [1.29, 1.82) is 0 Å². The van der Waals surface area contributed by atoms with E-state index in [-0.39, 0.29) is 0 Å². The number of hydrogen-bond donors (Lipinski definition) is 2. The van der Waals surface area contributed by atoms with Crippen LogP contribution in [0.5, 0.6) is 0 Å². The number of H-pyrrole nitrogens is 1. The van der Waals surface area contributed by atoms with Crippen LogP contribution in [0.3, 0.4) is 0 Å². The smallest absolute Gasteiger partial charge is 0.225 e. The first-order valence-corrected chi connectivity index (χ1v) is 7.88. The maximum atomic E-state index is 4.57. The van der Waals surface area contributed by atoms with Crippen LogP contribution < -0.4 is 5.32 Å². The third-order valence-corrected chi connectivity index (χ3v) is 4.09. The van der Waals surface area contributed by atoms with Crippen molar-refractivity contribution in [3.63, 3.8) is 0 Å². The first-order chi connectivity index (χ1) is 10.3. The van der Waals surface area contributed by atoms with Crippen molar-refractivity contribution in [1.82, 2.24) is 19.9 Å². The minimum absolute atomic E-state index is 0.629. The van der Waals surface area contributed by atoms with Gasteiger partial charge in [0, 0.05) is 12.3 Å². The van der Waals surface area contributed by atoms with Crippen molar-refractivity contribution in [2.45, 2.75) is 24.6 Å². The molecule has 3 rings (SSSR count). The number of imidazole rings is 1. The van der Waals surface area contributed by atoms with Gasteiger partial charge in [-0.2, -0.15) is 4.98 Å². The Morgan fingerprint density at radius 3 is 3.00 bits per heavy atom. The van der Waals surface area contributed by atoms with Crippen molar-refractivity contribution in [2.24, 2.45) is 0 Å². The normalized spacial score (nSPS) is 11.0. The van der Waals surface area contributed by atoms with Crippen LogP contribution in [-0.2, 0) is 5.75 Å². The zero-order valence-corrected chi connectivity index (χ0v) is 12.9. The van der Waals surface area contributed by atoms with Crippen LogP contribution in [-0.4, -0.2) is 26.5 Å². The number of aryl methyl sites for hydroxylation is 1. The fourth-order valence-electron chi connectivity index (χ4n) is 2.10. The number of anilines is 1. The summed E-state index contributed by atoms with van der Waals surface area (Å²) in [6.07, 6.45) is 1.66. The predicted octanol–water partition coefficient (Wildman–Crippen LogP) is 3.39. The lowest BCUT2D eigenvalue weighted by Crippen LogP contribution is -2.03. The summed E-state index contributed by atoms with van der Waals surface area (Å²) in [5.74, 6) is 1.50. The third kappa shape index (κ3) is 3.16. The Morgan fingerprint density at radius 2 is 2.19 bits per heavy atom. The van der Waals surface area contributed by atoms with Gasteiger partial charge in [-0.1, -0.05) is 41.6 Å². The third-order valence-electron chi connectivity index (χ3n) is 3.05. The summed E-state index contributed by atoms with van der Waals surface area (Å²) in [4.78, 5) is 16.3. The molecule has 0 aliphatic heterocycles. The minimum Gasteiger partial charge on any atom is -0.354 e. The van der Waals surface area contributed by atoms with Crippen LogP contribution in [0.4, 0.5) is 5.95 Å². The lowest BCUT2D eigenvalue weighted by molar-refractivity contribution is 1.04. The van der Waals surface area contributed by atoms with Crippen molar-refractivity contribution in [3.05, 3.63) is 41.7 Å². The van der Waals surface area contributed by atoms with Gasteiger partial charge in [0.2, 0.25) is 5.95 Å². The molecular formula is C15H17N5S. The number of fused-ring (bicyclic) bond motifs is 1. The highest BCUT2D eigenvalue weighted by Crippen LogP contribution is 2.27. The number of rotatable bonds is 5. The van der Waals surface area contributed by atoms with Gasteiger partial charge in [0.25, 0.3) is 0 Å². The lowest BCUT2D eigenvalue weighted by atomic mass is 10.2. The SMILES string of the molecule is CCNc1nc(SCc2cccc(C)c2)c2[nH]cnc2n1. The molecule has 0 atom stereocenters. The number of aromatic amines is 1. The second-order valence-corrected chi connectivity index (χ2v) is 5.73. The van der Waals surface area contributed by atoms with Crippen LogP contribution in [0.25, 0.3) is 11.2 Å². The Hall–Kier alpha value is -2.08. The molecule has 0 saturated heterocycles. The first kappa shape index (κ1) is 13.9. The molecule has 2 heterocycles. The molecule has 6 heteroatoms. The highest BCUT2D eigenvalue weighted by molar-refractivity contribution is 7.98. The summed E-state index contributed by atoms with van der Waals surface area (Å²) in [5.41, 5.74) is 4.16. The molecule has 0 radical (unpaired) electrons. The van der Waals surface area contributed by atoms with Crippen molar-refractivity contribution < 1.29 is 0 Å². The average molecular weight is 299 g/mol. The van der Waals surface area contributed by atoms with E-state index in [4.69, 9.17) is 0 Å². The van der Waals surface area contributed by atoms with Gasteiger partial charge < -0.3 is 10.3 Å². The van der Waals surface area contributed by atoms with Gasteiger partial charge in [0.1, 0.15) is 10.5 Å². The number of benzene rings is 1. The van der Waals surface area contributed by atoms with E-state index in [1.165, 1.54) is 11.1 Å². The number of nitrogens with one attached hydrogen (secondary N) is 2. The Morgan fingerprint density at radius 1 is 1.29 bits per heavy atom. The zero-order valence-electron chi connectivity index (χ0n) is 12.1. The molecule has 0 spiro atoms. The Balaban J connectivity index is 1.86. The van der Waals surface area contributed by atoms with Gasteiger partial charge >= 0.3 is 0 Å². The molecule has 3 aromatic rings. The van der Waals surface area contributed by atoms with Gasteiger partial charge in [-0.25, -0.2) is 9.97 Å². The summed E-state index contributed by atoms with van der Waals surface area (Å²) < 4.78 is 0. The molecule has 0 bridgehead atoms. The quantitative estimate of drug-likeness (QED) is 0.558. The highest BCUT2D eigenvalue weighted by Gasteiger charge is 2.10. The molecule has 0 fully saturated rings. The fourth-order valence-corrected chi connectivity index (χ4v) is 3.03. The first-order valence-electron chi connectivity index (χ1n) is 6.89. The van der Waals surface area contributed by atoms with Crippen molar-refractivity contribution in [3.8, 4) is 0 Å². The molecule has 1 aromatic carbocycles. The van der Waals surface area contributed by atoms with Crippen LogP contribution in [0, 0.1) is 6.92 Å². The summed E-state index contributed by atoms with van der Waals surface area (Å²) in [7, 11) is 0. The Labute approximate surface area is 127 Å². The topological polar surface area (TPSA) is 66.5 Å². The van der Waals surface area contributed by atoms with E-state index in [9.17, 15) is 0 Å². The zero-order chi connectivity index (χ0) is 14.7. The molecule has 5 nitrogen and oxygen atoms in total. The Bertz CT molecular complexity index is 753. The number of nitrogens with zero attached hydrogens (tertiary/aromatic N) is 3. The maximum absolute atomic E-state index is 4.57. The second kappa shape index (κ2) is 6.13. The molecule has 0 unspecified atom stereocenters. The molecule has 108 valence electrons. The van der Waals surface area contributed by atoms with E-state index in [2.05, 4.69) is 56.4 Å². The molecular weight excluding hydrogens is 282 g/mol. The Kier molecular flexibility index (Phi) is 4.06. The van der Waals surface area contributed by atoms with E-state index >= 15 is 0 Å². The number of aromatic nitrogens is 4. The molecule has 2 N–H and O–H groups in total. The van der Waals surface area contributed by atoms with Gasteiger partial charge in [0.05, 0.1) is 6.33 Å². The number of thioether (sulfide) groups is 1. The molecule has 0 aliphatic carbocycles. The van der Waals surface area contributed by atoms with E-state index in [1.54, 1.807) is 18.1 Å². The van der Waals surface area contributed by atoms with Crippen LogP contribution >= 0.6 is 11.8 Å². The molecule has 0 aliphatic rings. The van der Waals surface area contributed by atoms with E-state index in [0.29, 0.717) is 11.6 Å². The second-order valence-electron chi connectivity index (χ2n) is 4.76. The standard InChI is InChI=1S/C15H17N5S/c1-3-16-15-19-13-12(17-9-18-13)14(20-15)21-8-11-6-4-5-10(2)7-11/h4-7,9H,3,8H2,1-2H3,(H2,16,17,18,19,20). The molecule has 21 heavy (non-hydrogen) atoms. The van der Waals surface area contributed by atoms with E-state index in [0.717, 1.165) is 22.8 Å². The average Bonchev–Trinajstić information content (AvgIpc) is 2.93. The van der Waals surface area contributed by atoms with E-state index < -0.39 is 0 Å².